The predicted molar refractivity (Wildman–Crippen MR) is 82.2 cm³/mol. The van der Waals surface area contributed by atoms with Crippen LogP contribution in [0.3, 0.4) is 0 Å². The maximum absolute atomic E-state index is 5.40. The molecule has 0 bridgehead atoms. The molecule has 0 spiro atoms. The molecule has 0 aliphatic carbocycles. The van der Waals surface area contributed by atoms with Crippen molar-refractivity contribution in [2.75, 3.05) is 18.4 Å². The molecule has 0 fully saturated rings. The van der Waals surface area contributed by atoms with Crippen LogP contribution in [0.15, 0.2) is 47.1 Å². The second kappa shape index (κ2) is 6.14. The Labute approximate surface area is 120 Å². The molecule has 0 radical (unpaired) electrons. The van der Waals surface area contributed by atoms with Crippen molar-refractivity contribution >= 4 is 5.69 Å². The van der Waals surface area contributed by atoms with Crippen LogP contribution in [-0.2, 0) is 6.42 Å². The van der Waals surface area contributed by atoms with E-state index in [1.807, 2.05) is 12.1 Å². The predicted octanol–water partition coefficient (Wildman–Crippen LogP) is 3.40. The van der Waals surface area contributed by atoms with E-state index in [1.54, 1.807) is 6.26 Å². The molecule has 0 saturated heterocycles. The van der Waals surface area contributed by atoms with E-state index in [4.69, 9.17) is 4.42 Å². The van der Waals surface area contributed by atoms with E-state index >= 15 is 0 Å². The van der Waals surface area contributed by atoms with Crippen LogP contribution in [0, 0.1) is 0 Å². The van der Waals surface area contributed by atoms with Crippen molar-refractivity contribution in [1.82, 2.24) is 5.32 Å². The number of benzene rings is 1. The highest BCUT2D eigenvalue weighted by atomic mass is 16.3. The highest BCUT2D eigenvalue weighted by Gasteiger charge is 2.19. The fourth-order valence-corrected chi connectivity index (χ4v) is 2.91. The molecule has 20 heavy (non-hydrogen) atoms. The topological polar surface area (TPSA) is 37.2 Å². The molecular weight excluding hydrogens is 248 g/mol. The van der Waals surface area contributed by atoms with Crippen molar-refractivity contribution in [2.45, 2.75) is 31.7 Å². The second-order valence-corrected chi connectivity index (χ2v) is 5.59. The molecule has 2 aromatic rings. The summed E-state index contributed by atoms with van der Waals surface area (Å²) in [6, 6.07) is 13.1. The summed E-state index contributed by atoms with van der Waals surface area (Å²) < 4.78 is 5.40. The van der Waals surface area contributed by atoms with Gasteiger partial charge in [-0.1, -0.05) is 18.2 Å². The van der Waals surface area contributed by atoms with Gasteiger partial charge in [0.1, 0.15) is 5.76 Å². The molecule has 2 heterocycles. The molecule has 1 aromatic carbocycles. The van der Waals surface area contributed by atoms with Gasteiger partial charge in [0.15, 0.2) is 0 Å². The third kappa shape index (κ3) is 3.05. The summed E-state index contributed by atoms with van der Waals surface area (Å²) in [6.07, 6.45) is 3.88. The quantitative estimate of drug-likeness (QED) is 0.874. The lowest BCUT2D eigenvalue weighted by molar-refractivity contribution is 0.439. The molecule has 3 nitrogen and oxygen atoms in total. The summed E-state index contributed by atoms with van der Waals surface area (Å²) in [6.45, 7) is 4.31. The monoisotopic (exact) mass is 270 g/mol. The van der Waals surface area contributed by atoms with E-state index in [0.717, 1.165) is 25.3 Å². The van der Waals surface area contributed by atoms with E-state index in [0.29, 0.717) is 12.0 Å². The molecule has 106 valence electrons. The lowest BCUT2D eigenvalue weighted by atomic mass is 9.91. The SMILES string of the molecule is CC(Cc1ccco1)NCC1CCNc2ccccc21. The summed E-state index contributed by atoms with van der Waals surface area (Å²) in [7, 11) is 0. The summed E-state index contributed by atoms with van der Waals surface area (Å²) in [5.74, 6) is 1.65. The van der Waals surface area contributed by atoms with Gasteiger partial charge < -0.3 is 15.1 Å². The smallest absolute Gasteiger partial charge is 0.105 e. The minimum atomic E-state index is 0.434. The second-order valence-electron chi connectivity index (χ2n) is 5.59. The zero-order valence-electron chi connectivity index (χ0n) is 11.9. The number of nitrogens with one attached hydrogen (secondary N) is 2. The Balaban J connectivity index is 1.56. The van der Waals surface area contributed by atoms with Gasteiger partial charge in [0, 0.05) is 37.2 Å². The zero-order chi connectivity index (χ0) is 13.8. The molecule has 2 unspecified atom stereocenters. The van der Waals surface area contributed by atoms with Crippen molar-refractivity contribution in [3.8, 4) is 0 Å². The van der Waals surface area contributed by atoms with Crippen molar-refractivity contribution in [2.24, 2.45) is 0 Å². The van der Waals surface area contributed by atoms with E-state index in [9.17, 15) is 0 Å². The Bertz CT molecular complexity index is 536. The molecule has 1 aliphatic heterocycles. The normalized spacial score (nSPS) is 19.1. The van der Waals surface area contributed by atoms with Crippen LogP contribution in [0.2, 0.25) is 0 Å². The van der Waals surface area contributed by atoms with Crippen LogP contribution in [-0.4, -0.2) is 19.1 Å². The minimum absolute atomic E-state index is 0.434. The van der Waals surface area contributed by atoms with Gasteiger partial charge in [0.2, 0.25) is 0 Å². The molecule has 0 amide bonds. The van der Waals surface area contributed by atoms with Gasteiger partial charge in [0.05, 0.1) is 6.26 Å². The number of hydrogen-bond donors (Lipinski definition) is 2. The lowest BCUT2D eigenvalue weighted by Crippen LogP contribution is -2.34. The first kappa shape index (κ1) is 13.3. The Hall–Kier alpha value is -1.74. The average Bonchev–Trinajstić information content (AvgIpc) is 2.98. The maximum Gasteiger partial charge on any atom is 0.105 e. The Morgan fingerprint density at radius 1 is 1.30 bits per heavy atom. The Morgan fingerprint density at radius 3 is 3.05 bits per heavy atom. The number of furan rings is 1. The molecule has 3 heteroatoms. The number of rotatable bonds is 5. The fraction of sp³-hybridized carbons (Fsp3) is 0.412. The van der Waals surface area contributed by atoms with Gasteiger partial charge >= 0.3 is 0 Å². The first-order valence-corrected chi connectivity index (χ1v) is 7.41. The summed E-state index contributed by atoms with van der Waals surface area (Å²) in [4.78, 5) is 0. The molecule has 2 atom stereocenters. The van der Waals surface area contributed by atoms with Gasteiger partial charge in [0.25, 0.3) is 0 Å². The fourth-order valence-electron chi connectivity index (χ4n) is 2.91. The van der Waals surface area contributed by atoms with Gasteiger partial charge in [-0.15, -0.1) is 0 Å². The van der Waals surface area contributed by atoms with Crippen LogP contribution in [0.25, 0.3) is 0 Å². The van der Waals surface area contributed by atoms with E-state index in [1.165, 1.54) is 17.7 Å². The number of anilines is 1. The van der Waals surface area contributed by atoms with Crippen LogP contribution in [0.5, 0.6) is 0 Å². The number of hydrogen-bond acceptors (Lipinski definition) is 3. The summed E-state index contributed by atoms with van der Waals surface area (Å²) in [5.41, 5.74) is 2.74. The van der Waals surface area contributed by atoms with Crippen molar-refractivity contribution in [1.29, 1.82) is 0 Å². The van der Waals surface area contributed by atoms with E-state index < -0.39 is 0 Å². The van der Waals surface area contributed by atoms with Crippen molar-refractivity contribution in [3.05, 3.63) is 54.0 Å². The molecule has 1 aromatic heterocycles. The number of para-hydroxylation sites is 1. The van der Waals surface area contributed by atoms with Gasteiger partial charge in [-0.05, 0) is 37.1 Å². The highest BCUT2D eigenvalue weighted by molar-refractivity contribution is 5.54. The standard InChI is InChI=1S/C17H22N2O/c1-13(11-15-5-4-10-20-15)19-12-14-8-9-18-17-7-3-2-6-16(14)17/h2-7,10,13-14,18-19H,8-9,11-12H2,1H3. The molecular formula is C17H22N2O. The summed E-state index contributed by atoms with van der Waals surface area (Å²) >= 11 is 0. The first-order valence-electron chi connectivity index (χ1n) is 7.41. The molecule has 1 aliphatic rings. The summed E-state index contributed by atoms with van der Waals surface area (Å²) in [5, 5.41) is 7.12. The Kier molecular flexibility index (Phi) is 4.07. The van der Waals surface area contributed by atoms with E-state index in [2.05, 4.69) is 41.8 Å². The van der Waals surface area contributed by atoms with Crippen molar-refractivity contribution in [3.63, 3.8) is 0 Å². The van der Waals surface area contributed by atoms with E-state index in [-0.39, 0.29) is 0 Å². The first-order chi connectivity index (χ1) is 9.83. The van der Waals surface area contributed by atoms with Crippen LogP contribution < -0.4 is 10.6 Å². The van der Waals surface area contributed by atoms with Crippen molar-refractivity contribution < 1.29 is 4.42 Å². The molecule has 0 saturated carbocycles. The molecule has 2 N–H and O–H groups in total. The maximum atomic E-state index is 5.40. The lowest BCUT2D eigenvalue weighted by Gasteiger charge is -2.28. The Morgan fingerprint density at radius 2 is 2.20 bits per heavy atom. The third-order valence-electron chi connectivity index (χ3n) is 4.01. The van der Waals surface area contributed by atoms with Gasteiger partial charge in [-0.2, -0.15) is 0 Å². The van der Waals surface area contributed by atoms with Gasteiger partial charge in [-0.25, -0.2) is 0 Å². The average molecular weight is 270 g/mol. The minimum Gasteiger partial charge on any atom is -0.469 e. The largest absolute Gasteiger partial charge is 0.469 e. The van der Waals surface area contributed by atoms with Crippen LogP contribution >= 0.6 is 0 Å². The van der Waals surface area contributed by atoms with Gasteiger partial charge in [-0.3, -0.25) is 0 Å². The highest BCUT2D eigenvalue weighted by Crippen LogP contribution is 2.30. The third-order valence-corrected chi connectivity index (χ3v) is 4.01. The molecule has 3 rings (SSSR count). The number of fused-ring (bicyclic) bond motifs is 1. The zero-order valence-corrected chi connectivity index (χ0v) is 11.9. The van der Waals surface area contributed by atoms with Crippen LogP contribution in [0.4, 0.5) is 5.69 Å². The van der Waals surface area contributed by atoms with Crippen LogP contribution in [0.1, 0.15) is 30.6 Å².